The Morgan fingerprint density at radius 3 is 2.70 bits per heavy atom. The highest BCUT2D eigenvalue weighted by molar-refractivity contribution is 7.80. The van der Waals surface area contributed by atoms with Crippen LogP contribution in [0.3, 0.4) is 0 Å². The first-order valence-corrected chi connectivity index (χ1v) is 7.62. The van der Waals surface area contributed by atoms with Crippen molar-refractivity contribution in [2.24, 2.45) is 0 Å². The largest absolute Gasteiger partial charge is 0.497 e. The lowest BCUT2D eigenvalue weighted by Crippen LogP contribution is -2.29. The Bertz CT molecular complexity index is 679. The molecule has 0 aliphatic heterocycles. The molecule has 2 aromatic rings. The van der Waals surface area contributed by atoms with Gasteiger partial charge in [-0.15, -0.1) is 0 Å². The van der Waals surface area contributed by atoms with Crippen molar-refractivity contribution in [3.63, 3.8) is 0 Å². The van der Waals surface area contributed by atoms with E-state index in [-0.39, 0.29) is 0 Å². The van der Waals surface area contributed by atoms with Gasteiger partial charge >= 0.3 is 0 Å². The summed E-state index contributed by atoms with van der Waals surface area (Å²) in [6.07, 6.45) is 1.77. The molecule has 0 unspecified atom stereocenters. The fourth-order valence-corrected chi connectivity index (χ4v) is 2.29. The number of nitrogens with one attached hydrogen (secondary N) is 2. The van der Waals surface area contributed by atoms with Gasteiger partial charge in [-0.3, -0.25) is 0 Å². The average Bonchev–Trinajstić information content (AvgIpc) is 2.55. The summed E-state index contributed by atoms with van der Waals surface area (Å²) in [6.45, 7) is 0.673. The molecule has 0 spiro atoms. The fraction of sp³-hybridized carbons (Fsp3) is 0.235. The van der Waals surface area contributed by atoms with Gasteiger partial charge in [0.15, 0.2) is 16.7 Å². The van der Waals surface area contributed by atoms with Crippen molar-refractivity contribution in [3.05, 3.63) is 59.7 Å². The van der Waals surface area contributed by atoms with Crippen LogP contribution in [0.1, 0.15) is 12.0 Å². The van der Waals surface area contributed by atoms with Crippen LogP contribution in [-0.2, 0) is 6.42 Å². The minimum Gasteiger partial charge on any atom is -0.497 e. The Balaban J connectivity index is 1.73. The lowest BCUT2D eigenvalue weighted by atomic mass is 10.1. The van der Waals surface area contributed by atoms with Gasteiger partial charge in [0.2, 0.25) is 0 Å². The van der Waals surface area contributed by atoms with Crippen LogP contribution in [0.5, 0.6) is 5.75 Å². The Morgan fingerprint density at radius 1 is 1.13 bits per heavy atom. The Labute approximate surface area is 139 Å². The van der Waals surface area contributed by atoms with E-state index < -0.39 is 11.6 Å². The van der Waals surface area contributed by atoms with E-state index in [1.165, 1.54) is 11.6 Å². The molecule has 0 aliphatic rings. The van der Waals surface area contributed by atoms with E-state index >= 15 is 0 Å². The first kappa shape index (κ1) is 17.1. The lowest BCUT2D eigenvalue weighted by molar-refractivity contribution is 0.414. The van der Waals surface area contributed by atoms with Crippen molar-refractivity contribution in [1.82, 2.24) is 5.32 Å². The van der Waals surface area contributed by atoms with Crippen molar-refractivity contribution in [3.8, 4) is 5.75 Å². The van der Waals surface area contributed by atoms with E-state index in [0.29, 0.717) is 17.3 Å². The van der Waals surface area contributed by atoms with Crippen molar-refractivity contribution in [2.75, 3.05) is 19.0 Å². The highest BCUT2D eigenvalue weighted by Gasteiger charge is 2.04. The molecule has 2 aromatic carbocycles. The molecule has 2 rings (SSSR count). The normalized spacial score (nSPS) is 10.2. The molecule has 0 aromatic heterocycles. The Hall–Kier alpha value is -2.21. The topological polar surface area (TPSA) is 33.3 Å². The SMILES string of the molecule is COc1cccc(CCCNC(=S)Nc2ccc(F)c(F)c2)c1. The second-order valence-electron chi connectivity index (χ2n) is 4.96. The van der Waals surface area contributed by atoms with Gasteiger partial charge in [0, 0.05) is 18.3 Å². The summed E-state index contributed by atoms with van der Waals surface area (Å²) in [5.41, 5.74) is 1.60. The van der Waals surface area contributed by atoms with Crippen molar-refractivity contribution >= 4 is 23.0 Å². The number of hydrogen-bond donors (Lipinski definition) is 2. The van der Waals surface area contributed by atoms with Crippen LogP contribution in [0.4, 0.5) is 14.5 Å². The summed E-state index contributed by atoms with van der Waals surface area (Å²) in [4.78, 5) is 0. The third-order valence-corrected chi connectivity index (χ3v) is 3.49. The summed E-state index contributed by atoms with van der Waals surface area (Å²) in [7, 11) is 1.64. The summed E-state index contributed by atoms with van der Waals surface area (Å²) in [5.74, 6) is -0.950. The highest BCUT2D eigenvalue weighted by atomic mass is 32.1. The van der Waals surface area contributed by atoms with Crippen molar-refractivity contribution < 1.29 is 13.5 Å². The summed E-state index contributed by atoms with van der Waals surface area (Å²) in [5, 5.41) is 6.23. The van der Waals surface area contributed by atoms with E-state index in [9.17, 15) is 8.78 Å². The van der Waals surface area contributed by atoms with Gasteiger partial charge in [-0.2, -0.15) is 0 Å². The zero-order chi connectivity index (χ0) is 16.7. The summed E-state index contributed by atoms with van der Waals surface area (Å²) >= 11 is 5.12. The number of hydrogen-bond acceptors (Lipinski definition) is 2. The summed E-state index contributed by atoms with van der Waals surface area (Å²) < 4.78 is 31.1. The van der Waals surface area contributed by atoms with Crippen LogP contribution in [-0.4, -0.2) is 18.8 Å². The maximum Gasteiger partial charge on any atom is 0.170 e. The Kier molecular flexibility index (Phi) is 6.29. The standard InChI is InChI=1S/C17H18F2N2OS/c1-22-14-6-2-4-12(10-14)5-3-9-20-17(23)21-13-7-8-15(18)16(19)11-13/h2,4,6-8,10-11H,3,5,9H2,1H3,(H2,20,21,23). The molecule has 0 atom stereocenters. The number of aryl methyl sites for hydroxylation is 1. The molecule has 0 bridgehead atoms. The van der Waals surface area contributed by atoms with Crippen molar-refractivity contribution in [1.29, 1.82) is 0 Å². The van der Waals surface area contributed by atoms with E-state index in [4.69, 9.17) is 17.0 Å². The number of methoxy groups -OCH3 is 1. The highest BCUT2D eigenvalue weighted by Crippen LogP contribution is 2.14. The molecule has 0 fully saturated rings. The molecule has 2 N–H and O–H groups in total. The third-order valence-electron chi connectivity index (χ3n) is 3.24. The zero-order valence-electron chi connectivity index (χ0n) is 12.7. The molecular weight excluding hydrogens is 318 g/mol. The molecule has 0 radical (unpaired) electrons. The molecule has 23 heavy (non-hydrogen) atoms. The van der Waals surface area contributed by atoms with Crippen LogP contribution in [0, 0.1) is 11.6 Å². The van der Waals surface area contributed by atoms with Crippen LogP contribution >= 0.6 is 12.2 Å². The number of thiocarbonyl (C=S) groups is 1. The first-order valence-electron chi connectivity index (χ1n) is 7.21. The number of halogens is 2. The molecule has 0 saturated heterocycles. The Morgan fingerprint density at radius 2 is 1.96 bits per heavy atom. The maximum absolute atomic E-state index is 13.1. The number of anilines is 1. The van der Waals surface area contributed by atoms with Crippen molar-refractivity contribution in [2.45, 2.75) is 12.8 Å². The molecule has 122 valence electrons. The maximum atomic E-state index is 13.1. The second-order valence-corrected chi connectivity index (χ2v) is 5.37. The molecule has 6 heteroatoms. The summed E-state index contributed by atoms with van der Waals surface area (Å²) in [6, 6.07) is 11.5. The molecule has 3 nitrogen and oxygen atoms in total. The van der Waals surface area contributed by atoms with E-state index in [1.807, 2.05) is 24.3 Å². The quantitative estimate of drug-likeness (QED) is 0.619. The minimum absolute atomic E-state index is 0.377. The van der Waals surface area contributed by atoms with E-state index in [2.05, 4.69) is 10.6 Å². The molecule has 0 heterocycles. The second kappa shape index (κ2) is 8.43. The van der Waals surface area contributed by atoms with Crippen LogP contribution in [0.15, 0.2) is 42.5 Å². The molecule has 0 amide bonds. The van der Waals surface area contributed by atoms with Gasteiger partial charge in [0.1, 0.15) is 5.75 Å². The van der Waals surface area contributed by atoms with Crippen LogP contribution in [0.2, 0.25) is 0 Å². The van der Waals surface area contributed by atoms with Gasteiger partial charge in [0.05, 0.1) is 7.11 Å². The van der Waals surface area contributed by atoms with Gasteiger partial charge in [-0.25, -0.2) is 8.78 Å². The van der Waals surface area contributed by atoms with Crippen LogP contribution < -0.4 is 15.4 Å². The van der Waals surface area contributed by atoms with Gasteiger partial charge in [-0.1, -0.05) is 12.1 Å². The fourth-order valence-electron chi connectivity index (χ4n) is 2.07. The average molecular weight is 336 g/mol. The zero-order valence-corrected chi connectivity index (χ0v) is 13.6. The molecule has 0 aliphatic carbocycles. The van der Waals surface area contributed by atoms with Gasteiger partial charge in [0.25, 0.3) is 0 Å². The minimum atomic E-state index is -0.907. The number of ether oxygens (including phenoxy) is 1. The molecule has 0 saturated carbocycles. The van der Waals surface area contributed by atoms with E-state index in [1.54, 1.807) is 7.11 Å². The number of benzene rings is 2. The predicted molar refractivity (Wildman–Crippen MR) is 91.9 cm³/mol. The predicted octanol–water partition coefficient (Wildman–Crippen LogP) is 3.89. The smallest absolute Gasteiger partial charge is 0.170 e. The first-order chi connectivity index (χ1) is 11.1. The van der Waals surface area contributed by atoms with Gasteiger partial charge in [-0.05, 0) is 54.9 Å². The third kappa shape index (κ3) is 5.49. The number of rotatable bonds is 6. The molecular formula is C17H18F2N2OS. The van der Waals surface area contributed by atoms with E-state index in [0.717, 1.165) is 30.7 Å². The van der Waals surface area contributed by atoms with Gasteiger partial charge < -0.3 is 15.4 Å². The monoisotopic (exact) mass is 336 g/mol. The lowest BCUT2D eigenvalue weighted by Gasteiger charge is -2.11. The van der Waals surface area contributed by atoms with Crippen LogP contribution in [0.25, 0.3) is 0 Å².